The molecule has 2 heterocycles. The normalized spacial score (nSPS) is 21.7. The second-order valence-electron chi connectivity index (χ2n) is 5.45. The summed E-state index contributed by atoms with van der Waals surface area (Å²) in [6.45, 7) is 6.78. The number of nitrogens with one attached hydrogen (secondary N) is 1. The van der Waals surface area contributed by atoms with E-state index in [1.54, 1.807) is 6.07 Å². The van der Waals surface area contributed by atoms with E-state index in [1.807, 2.05) is 13.0 Å². The smallest absolute Gasteiger partial charge is 0.138 e. The van der Waals surface area contributed by atoms with E-state index in [4.69, 9.17) is 0 Å². The summed E-state index contributed by atoms with van der Waals surface area (Å²) >= 11 is 0. The molecule has 1 aromatic heterocycles. The Morgan fingerprint density at radius 3 is 2.95 bits per heavy atom. The molecule has 106 valence electrons. The van der Waals surface area contributed by atoms with E-state index in [9.17, 15) is 5.11 Å². The summed E-state index contributed by atoms with van der Waals surface area (Å²) in [5.41, 5.74) is 1.66. The van der Waals surface area contributed by atoms with Gasteiger partial charge in [0.15, 0.2) is 0 Å². The fourth-order valence-corrected chi connectivity index (χ4v) is 2.41. The van der Waals surface area contributed by atoms with Crippen molar-refractivity contribution in [3.63, 3.8) is 0 Å². The summed E-state index contributed by atoms with van der Waals surface area (Å²) in [7, 11) is 4.33. The molecule has 2 N–H and O–H groups in total. The molecule has 1 atom stereocenters. The molecule has 5 heteroatoms. The predicted molar refractivity (Wildman–Crippen MR) is 76.3 cm³/mol. The van der Waals surface area contributed by atoms with Crippen LogP contribution in [0.5, 0.6) is 5.75 Å². The molecule has 0 radical (unpaired) electrons. The van der Waals surface area contributed by atoms with E-state index < -0.39 is 0 Å². The highest BCUT2D eigenvalue weighted by atomic mass is 16.3. The zero-order valence-corrected chi connectivity index (χ0v) is 12.1. The number of piperazine rings is 1. The number of pyridine rings is 1. The number of aryl methyl sites for hydroxylation is 1. The third-order valence-corrected chi connectivity index (χ3v) is 3.74. The van der Waals surface area contributed by atoms with Crippen LogP contribution in [-0.4, -0.2) is 66.2 Å². The van der Waals surface area contributed by atoms with Crippen molar-refractivity contribution in [1.82, 2.24) is 20.1 Å². The Hall–Kier alpha value is -1.17. The van der Waals surface area contributed by atoms with Crippen molar-refractivity contribution >= 4 is 0 Å². The van der Waals surface area contributed by atoms with Crippen molar-refractivity contribution in [2.45, 2.75) is 19.5 Å². The largest absolute Gasteiger partial charge is 0.506 e. The van der Waals surface area contributed by atoms with E-state index >= 15 is 0 Å². The standard InChI is InChI=1S/C14H24N4O/c1-11-4-5-14(19)13(16-11)9-15-8-12-10-17(2)6-7-18(12)3/h4-5,12,15,19H,6-10H2,1-3H3. The van der Waals surface area contributed by atoms with Gasteiger partial charge in [-0.2, -0.15) is 0 Å². The van der Waals surface area contributed by atoms with Crippen molar-refractivity contribution in [1.29, 1.82) is 0 Å². The number of aromatic nitrogens is 1. The maximum Gasteiger partial charge on any atom is 0.138 e. The molecule has 1 saturated heterocycles. The van der Waals surface area contributed by atoms with Gasteiger partial charge in [0.05, 0.1) is 5.69 Å². The minimum atomic E-state index is 0.271. The van der Waals surface area contributed by atoms with Gasteiger partial charge in [0.2, 0.25) is 0 Å². The lowest BCUT2D eigenvalue weighted by Crippen LogP contribution is -2.53. The Morgan fingerprint density at radius 2 is 2.16 bits per heavy atom. The number of hydrogen-bond donors (Lipinski definition) is 2. The van der Waals surface area contributed by atoms with Gasteiger partial charge < -0.3 is 15.3 Å². The van der Waals surface area contributed by atoms with Gasteiger partial charge in [-0.05, 0) is 33.2 Å². The average molecular weight is 264 g/mol. The Kier molecular flexibility index (Phi) is 4.74. The lowest BCUT2D eigenvalue weighted by atomic mass is 10.2. The highest BCUT2D eigenvalue weighted by Gasteiger charge is 2.21. The second kappa shape index (κ2) is 6.32. The molecule has 2 rings (SSSR count). The third-order valence-electron chi connectivity index (χ3n) is 3.74. The van der Waals surface area contributed by atoms with Crippen molar-refractivity contribution in [2.75, 3.05) is 40.3 Å². The molecule has 0 amide bonds. The molecule has 19 heavy (non-hydrogen) atoms. The first kappa shape index (κ1) is 14.2. The third kappa shape index (κ3) is 3.89. The summed E-state index contributed by atoms with van der Waals surface area (Å²) in [5.74, 6) is 0.271. The molecular weight excluding hydrogens is 240 g/mol. The van der Waals surface area contributed by atoms with Gasteiger partial charge in [0.25, 0.3) is 0 Å². The Balaban J connectivity index is 1.84. The molecule has 0 saturated carbocycles. The van der Waals surface area contributed by atoms with Crippen LogP contribution in [-0.2, 0) is 6.54 Å². The first-order chi connectivity index (χ1) is 9.06. The molecule has 1 aliphatic heterocycles. The lowest BCUT2D eigenvalue weighted by molar-refractivity contribution is 0.113. The molecule has 1 fully saturated rings. The zero-order chi connectivity index (χ0) is 13.8. The van der Waals surface area contributed by atoms with E-state index in [2.05, 4.69) is 34.2 Å². The monoisotopic (exact) mass is 264 g/mol. The Bertz CT molecular complexity index is 424. The lowest BCUT2D eigenvalue weighted by Gasteiger charge is -2.37. The van der Waals surface area contributed by atoms with Crippen LogP contribution in [0.25, 0.3) is 0 Å². The summed E-state index contributed by atoms with van der Waals surface area (Å²) in [6, 6.07) is 4.05. The van der Waals surface area contributed by atoms with Crippen molar-refractivity contribution in [3.05, 3.63) is 23.5 Å². The van der Waals surface area contributed by atoms with Gasteiger partial charge in [0.1, 0.15) is 5.75 Å². The number of hydrogen-bond acceptors (Lipinski definition) is 5. The zero-order valence-electron chi connectivity index (χ0n) is 12.1. The molecular formula is C14H24N4O. The van der Waals surface area contributed by atoms with Crippen LogP contribution in [0, 0.1) is 6.92 Å². The average Bonchev–Trinajstić information content (AvgIpc) is 2.38. The summed E-state index contributed by atoms with van der Waals surface area (Å²) < 4.78 is 0. The highest BCUT2D eigenvalue weighted by molar-refractivity contribution is 5.27. The van der Waals surface area contributed by atoms with E-state index in [1.165, 1.54) is 0 Å². The van der Waals surface area contributed by atoms with Gasteiger partial charge in [-0.1, -0.05) is 0 Å². The summed E-state index contributed by atoms with van der Waals surface area (Å²) in [5, 5.41) is 13.1. The molecule has 0 aromatic carbocycles. The molecule has 0 aliphatic carbocycles. The first-order valence-electron chi connectivity index (χ1n) is 6.81. The van der Waals surface area contributed by atoms with Crippen LogP contribution in [0.3, 0.4) is 0 Å². The predicted octanol–water partition coefficient (Wildman–Crippen LogP) is 0.431. The number of rotatable bonds is 4. The molecule has 0 spiro atoms. The van der Waals surface area contributed by atoms with Crippen molar-refractivity contribution in [2.24, 2.45) is 0 Å². The maximum absolute atomic E-state index is 9.74. The van der Waals surface area contributed by atoms with E-state index in [0.717, 1.165) is 37.6 Å². The summed E-state index contributed by atoms with van der Waals surface area (Å²) in [4.78, 5) is 9.09. The van der Waals surface area contributed by atoms with Gasteiger partial charge in [-0.3, -0.25) is 9.88 Å². The Labute approximate surface area is 115 Å². The molecule has 5 nitrogen and oxygen atoms in total. The quantitative estimate of drug-likeness (QED) is 0.826. The van der Waals surface area contributed by atoms with Gasteiger partial charge in [-0.25, -0.2) is 0 Å². The topological polar surface area (TPSA) is 51.6 Å². The van der Waals surface area contributed by atoms with Crippen LogP contribution in [0.15, 0.2) is 12.1 Å². The Morgan fingerprint density at radius 1 is 1.37 bits per heavy atom. The van der Waals surface area contributed by atoms with Crippen LogP contribution in [0.2, 0.25) is 0 Å². The van der Waals surface area contributed by atoms with Crippen LogP contribution >= 0.6 is 0 Å². The second-order valence-corrected chi connectivity index (χ2v) is 5.45. The molecule has 1 aliphatic rings. The fraction of sp³-hybridized carbons (Fsp3) is 0.643. The molecule has 1 aromatic rings. The van der Waals surface area contributed by atoms with E-state index in [-0.39, 0.29) is 5.75 Å². The number of aromatic hydroxyl groups is 1. The highest BCUT2D eigenvalue weighted by Crippen LogP contribution is 2.14. The number of nitrogens with zero attached hydrogens (tertiary/aromatic N) is 3. The van der Waals surface area contributed by atoms with Crippen LogP contribution in [0.1, 0.15) is 11.4 Å². The molecule has 0 bridgehead atoms. The minimum absolute atomic E-state index is 0.271. The van der Waals surface area contributed by atoms with Gasteiger partial charge in [0, 0.05) is 44.5 Å². The van der Waals surface area contributed by atoms with E-state index in [0.29, 0.717) is 12.6 Å². The minimum Gasteiger partial charge on any atom is -0.506 e. The maximum atomic E-state index is 9.74. The van der Waals surface area contributed by atoms with Crippen LogP contribution in [0.4, 0.5) is 0 Å². The van der Waals surface area contributed by atoms with Gasteiger partial charge >= 0.3 is 0 Å². The first-order valence-corrected chi connectivity index (χ1v) is 6.81. The van der Waals surface area contributed by atoms with Crippen molar-refractivity contribution < 1.29 is 5.11 Å². The fourth-order valence-electron chi connectivity index (χ4n) is 2.41. The number of likely N-dealkylation sites (N-methyl/N-ethyl adjacent to an activating group) is 2. The van der Waals surface area contributed by atoms with Crippen molar-refractivity contribution in [3.8, 4) is 5.75 Å². The summed E-state index contributed by atoms with van der Waals surface area (Å²) in [6.07, 6.45) is 0. The van der Waals surface area contributed by atoms with Crippen LogP contribution < -0.4 is 5.32 Å². The SMILES string of the molecule is Cc1ccc(O)c(CNCC2CN(C)CCN2C)n1. The van der Waals surface area contributed by atoms with Gasteiger partial charge in [-0.15, -0.1) is 0 Å². The molecule has 1 unspecified atom stereocenters.